The summed E-state index contributed by atoms with van der Waals surface area (Å²) >= 11 is 7.10. The predicted octanol–water partition coefficient (Wildman–Crippen LogP) is 6.73. The Morgan fingerprint density at radius 3 is 2.29 bits per heavy atom. The summed E-state index contributed by atoms with van der Waals surface area (Å²) in [6, 6.07) is 25.0. The standard InChI is InChI=1S/C23H14Br2N2O/c24-21-11-18(10-20(14-27)19-8-4-7-17(9-19)13-26)12-22(25)23(21)28-15-16-5-2-1-3-6-16/h1-12H,15H2/b20-10-. The SMILES string of the molecule is N#C/C(=C/c1cc(Br)c(OCc2ccccc2)c(Br)c1)c1cccc(C#N)c1. The van der Waals surface area contributed by atoms with E-state index in [-0.39, 0.29) is 0 Å². The Morgan fingerprint density at radius 1 is 0.929 bits per heavy atom. The highest BCUT2D eigenvalue weighted by Gasteiger charge is 2.10. The van der Waals surface area contributed by atoms with Crippen molar-refractivity contribution in [1.29, 1.82) is 10.5 Å². The zero-order chi connectivity index (χ0) is 19.9. The number of nitriles is 2. The van der Waals surface area contributed by atoms with Crippen LogP contribution in [-0.4, -0.2) is 0 Å². The van der Waals surface area contributed by atoms with Crippen LogP contribution in [0.5, 0.6) is 5.75 Å². The van der Waals surface area contributed by atoms with Crippen molar-refractivity contribution in [3.8, 4) is 17.9 Å². The molecule has 0 atom stereocenters. The molecule has 5 heteroatoms. The summed E-state index contributed by atoms with van der Waals surface area (Å²) in [6.07, 6.45) is 1.78. The number of hydrogen-bond acceptors (Lipinski definition) is 3. The lowest BCUT2D eigenvalue weighted by atomic mass is 10.0. The van der Waals surface area contributed by atoms with Gasteiger partial charge in [-0.25, -0.2) is 0 Å². The van der Waals surface area contributed by atoms with Gasteiger partial charge in [0.1, 0.15) is 12.4 Å². The highest BCUT2D eigenvalue weighted by molar-refractivity contribution is 9.11. The molecule has 0 heterocycles. The Labute approximate surface area is 180 Å². The highest BCUT2D eigenvalue weighted by atomic mass is 79.9. The highest BCUT2D eigenvalue weighted by Crippen LogP contribution is 2.36. The zero-order valence-corrected chi connectivity index (χ0v) is 17.9. The maximum Gasteiger partial charge on any atom is 0.148 e. The summed E-state index contributed by atoms with van der Waals surface area (Å²) < 4.78 is 7.51. The molecule has 0 saturated heterocycles. The number of hydrogen-bond donors (Lipinski definition) is 0. The van der Waals surface area contributed by atoms with Gasteiger partial charge in [-0.2, -0.15) is 10.5 Å². The van der Waals surface area contributed by atoms with Crippen molar-refractivity contribution in [3.63, 3.8) is 0 Å². The second-order valence-electron chi connectivity index (χ2n) is 5.95. The third-order valence-electron chi connectivity index (χ3n) is 3.98. The van der Waals surface area contributed by atoms with Crippen molar-refractivity contribution in [2.24, 2.45) is 0 Å². The molecule has 0 aromatic heterocycles. The van der Waals surface area contributed by atoms with E-state index in [4.69, 9.17) is 10.00 Å². The van der Waals surface area contributed by atoms with Crippen LogP contribution in [0.2, 0.25) is 0 Å². The van der Waals surface area contributed by atoms with E-state index >= 15 is 0 Å². The van der Waals surface area contributed by atoms with Crippen LogP contribution in [0.15, 0.2) is 75.7 Å². The smallest absolute Gasteiger partial charge is 0.148 e. The maximum atomic E-state index is 9.56. The van der Waals surface area contributed by atoms with Gasteiger partial charge in [-0.3, -0.25) is 0 Å². The lowest BCUT2D eigenvalue weighted by Crippen LogP contribution is -1.97. The molecule has 136 valence electrons. The fourth-order valence-corrected chi connectivity index (χ4v) is 4.08. The number of rotatable bonds is 5. The fourth-order valence-electron chi connectivity index (χ4n) is 2.63. The van der Waals surface area contributed by atoms with Gasteiger partial charge in [-0.15, -0.1) is 0 Å². The molecule has 3 rings (SSSR count). The van der Waals surface area contributed by atoms with Crippen LogP contribution in [0.1, 0.15) is 22.3 Å². The molecule has 28 heavy (non-hydrogen) atoms. The first-order valence-electron chi connectivity index (χ1n) is 8.39. The molecule has 0 N–H and O–H groups in total. The lowest BCUT2D eigenvalue weighted by molar-refractivity contribution is 0.302. The van der Waals surface area contributed by atoms with E-state index in [0.717, 1.165) is 20.1 Å². The van der Waals surface area contributed by atoms with Gasteiger partial charge in [-0.1, -0.05) is 42.5 Å². The Balaban J connectivity index is 1.87. The van der Waals surface area contributed by atoms with E-state index in [2.05, 4.69) is 44.0 Å². The normalized spacial score (nSPS) is 10.8. The van der Waals surface area contributed by atoms with Gasteiger partial charge in [-0.05, 0) is 78.9 Å². The minimum atomic E-state index is 0.456. The second-order valence-corrected chi connectivity index (χ2v) is 7.66. The van der Waals surface area contributed by atoms with Crippen LogP contribution in [0, 0.1) is 22.7 Å². The molecule has 0 aliphatic rings. The fraction of sp³-hybridized carbons (Fsp3) is 0.0435. The summed E-state index contributed by atoms with van der Waals surface area (Å²) in [5.41, 5.74) is 3.62. The summed E-state index contributed by atoms with van der Waals surface area (Å²) in [4.78, 5) is 0. The van der Waals surface area contributed by atoms with E-state index in [1.807, 2.05) is 48.5 Å². The Hall–Kier alpha value is -2.86. The number of ether oxygens (including phenoxy) is 1. The van der Waals surface area contributed by atoms with Gasteiger partial charge in [0.25, 0.3) is 0 Å². The molecule has 3 nitrogen and oxygen atoms in total. The average molecular weight is 494 g/mol. The molecule has 0 saturated carbocycles. The number of allylic oxidation sites excluding steroid dienone is 1. The average Bonchev–Trinajstić information content (AvgIpc) is 2.72. The van der Waals surface area contributed by atoms with Gasteiger partial charge in [0.2, 0.25) is 0 Å². The maximum absolute atomic E-state index is 9.56. The van der Waals surface area contributed by atoms with Crippen LogP contribution in [0.4, 0.5) is 0 Å². The first-order valence-corrected chi connectivity index (χ1v) is 9.97. The molecule has 3 aromatic rings. The molecule has 0 fully saturated rings. The number of halogens is 2. The Morgan fingerprint density at radius 2 is 1.64 bits per heavy atom. The van der Waals surface area contributed by atoms with Gasteiger partial charge in [0.05, 0.1) is 32.2 Å². The minimum Gasteiger partial charge on any atom is -0.487 e. The lowest BCUT2D eigenvalue weighted by Gasteiger charge is -2.12. The van der Waals surface area contributed by atoms with E-state index < -0.39 is 0 Å². The van der Waals surface area contributed by atoms with Gasteiger partial charge in [0, 0.05) is 0 Å². The molecule has 0 radical (unpaired) electrons. The van der Waals surface area contributed by atoms with E-state index in [0.29, 0.717) is 29.1 Å². The van der Waals surface area contributed by atoms with Crippen LogP contribution in [0.3, 0.4) is 0 Å². The van der Waals surface area contributed by atoms with Crippen LogP contribution < -0.4 is 4.74 Å². The second kappa shape index (κ2) is 9.37. The molecule has 0 bridgehead atoms. The van der Waals surface area contributed by atoms with Gasteiger partial charge in [0.15, 0.2) is 0 Å². The monoisotopic (exact) mass is 492 g/mol. The summed E-state index contributed by atoms with van der Waals surface area (Å²) in [6.45, 7) is 0.456. The first kappa shape index (κ1) is 19.9. The Bertz CT molecular complexity index is 1090. The van der Waals surface area contributed by atoms with Gasteiger partial charge >= 0.3 is 0 Å². The molecule has 0 unspecified atom stereocenters. The van der Waals surface area contributed by atoms with Crippen LogP contribution in [-0.2, 0) is 6.61 Å². The van der Waals surface area contributed by atoms with Crippen molar-refractivity contribution in [1.82, 2.24) is 0 Å². The quantitative estimate of drug-likeness (QED) is 0.292. The van der Waals surface area contributed by atoms with Crippen LogP contribution in [0.25, 0.3) is 11.6 Å². The number of nitrogens with zero attached hydrogens (tertiary/aromatic N) is 2. The molecule has 3 aromatic carbocycles. The van der Waals surface area contributed by atoms with Crippen molar-refractivity contribution in [2.75, 3.05) is 0 Å². The zero-order valence-electron chi connectivity index (χ0n) is 14.7. The summed E-state index contributed by atoms with van der Waals surface area (Å²) in [5.74, 6) is 0.700. The minimum absolute atomic E-state index is 0.456. The topological polar surface area (TPSA) is 56.8 Å². The number of benzene rings is 3. The predicted molar refractivity (Wildman–Crippen MR) is 117 cm³/mol. The van der Waals surface area contributed by atoms with E-state index in [9.17, 15) is 5.26 Å². The van der Waals surface area contributed by atoms with Crippen molar-refractivity contribution in [2.45, 2.75) is 6.61 Å². The summed E-state index contributed by atoms with van der Waals surface area (Å²) in [7, 11) is 0. The van der Waals surface area contributed by atoms with Gasteiger partial charge < -0.3 is 4.74 Å². The summed E-state index contributed by atoms with van der Waals surface area (Å²) in [5, 5.41) is 18.6. The largest absolute Gasteiger partial charge is 0.487 e. The first-order chi connectivity index (χ1) is 13.6. The van der Waals surface area contributed by atoms with E-state index in [1.54, 1.807) is 24.3 Å². The van der Waals surface area contributed by atoms with Crippen molar-refractivity contribution >= 4 is 43.5 Å². The van der Waals surface area contributed by atoms with E-state index in [1.165, 1.54) is 0 Å². The molecule has 0 aliphatic heterocycles. The Kier molecular flexibility index (Phi) is 6.66. The van der Waals surface area contributed by atoms with Crippen molar-refractivity contribution < 1.29 is 4.74 Å². The molecule has 0 amide bonds. The molecule has 0 spiro atoms. The third kappa shape index (κ3) is 4.89. The van der Waals surface area contributed by atoms with Crippen LogP contribution >= 0.6 is 31.9 Å². The molecule has 0 aliphatic carbocycles. The molecular weight excluding hydrogens is 480 g/mol. The van der Waals surface area contributed by atoms with Crippen molar-refractivity contribution in [3.05, 3.63) is 97.9 Å². The molecular formula is C23H14Br2N2O. The third-order valence-corrected chi connectivity index (χ3v) is 5.16.